The van der Waals surface area contributed by atoms with Gasteiger partial charge in [0.15, 0.2) is 27.7 Å². The van der Waals surface area contributed by atoms with E-state index in [9.17, 15) is 0 Å². The summed E-state index contributed by atoms with van der Waals surface area (Å²) in [5.41, 5.74) is 6.15. The lowest BCUT2D eigenvalue weighted by Gasteiger charge is -2.21. The topological polar surface area (TPSA) is 66.6 Å². The second-order valence-corrected chi connectivity index (χ2v) is 23.8. The van der Waals surface area contributed by atoms with Gasteiger partial charge in [-0.2, -0.15) is 0 Å². The van der Waals surface area contributed by atoms with Gasteiger partial charge in [-0.3, -0.25) is 0 Å². The average molecular weight is 1120 g/mol. The Kier molecular flexibility index (Phi) is 19.0. The molecule has 0 heterocycles. The number of benzene rings is 7. The summed E-state index contributed by atoms with van der Waals surface area (Å²) in [6.07, 6.45) is 0.860. The van der Waals surface area contributed by atoms with Crippen molar-refractivity contribution in [3.63, 3.8) is 0 Å². The molecule has 0 bridgehead atoms. The van der Waals surface area contributed by atoms with Crippen LogP contribution in [-0.4, -0.2) is 29.3 Å². The SMILES string of the molecule is COc1ccc(CC(=S)Cc2ccc(C(C)(C)C)cc2C#Cc2c(F)c(C#Cc3cc(C(C)(C)C)ccc3NC(=S)Nc3ccc(C)cc3)c(F)c(C#Cc3cc(C(C)(C)C)ccc3NC(=S)Nc3ccc(OC)cc3)c2F)cc1. The molecule has 6 nitrogen and oxygen atoms in total. The molecule has 7 aromatic carbocycles. The van der Waals surface area contributed by atoms with Gasteiger partial charge in [-0.15, -0.1) is 0 Å². The van der Waals surface area contributed by atoms with Crippen LogP contribution in [0, 0.1) is 59.9 Å². The van der Waals surface area contributed by atoms with E-state index in [2.05, 4.69) is 77.6 Å². The Morgan fingerprint density at radius 3 is 1.20 bits per heavy atom. The molecule has 7 aromatic rings. The maximum atomic E-state index is 17.4. The van der Waals surface area contributed by atoms with Gasteiger partial charge in [0.2, 0.25) is 0 Å². The summed E-state index contributed by atoms with van der Waals surface area (Å²) < 4.78 is 62.9. The van der Waals surface area contributed by atoms with E-state index in [0.717, 1.165) is 49.7 Å². The number of halogens is 3. The molecule has 7 rings (SSSR count). The second-order valence-electron chi connectivity index (χ2n) is 22.5. The monoisotopic (exact) mass is 1120 g/mol. The lowest BCUT2D eigenvalue weighted by Crippen LogP contribution is -2.20. The fraction of sp³-hybridized carbons (Fsp3) is 0.250. The van der Waals surface area contributed by atoms with Crippen molar-refractivity contribution in [1.82, 2.24) is 0 Å². The van der Waals surface area contributed by atoms with Gasteiger partial charge in [-0.1, -0.05) is 164 Å². The van der Waals surface area contributed by atoms with Gasteiger partial charge in [-0.25, -0.2) is 13.2 Å². The van der Waals surface area contributed by atoms with Crippen LogP contribution in [0.15, 0.2) is 127 Å². The van der Waals surface area contributed by atoms with Crippen LogP contribution in [0.4, 0.5) is 35.9 Å². The number of nitrogens with one attached hydrogen (secondary N) is 4. The molecule has 0 fully saturated rings. The summed E-state index contributed by atoms with van der Waals surface area (Å²) in [4.78, 5) is 0.730. The smallest absolute Gasteiger partial charge is 0.175 e. The number of thiocarbonyl (C=S) groups is 3. The molecule has 0 radical (unpaired) electrons. The summed E-state index contributed by atoms with van der Waals surface area (Å²) in [7, 11) is 3.20. The number of hydrogen-bond donors (Lipinski definition) is 4. The molecular weight excluding hydrogens is 1060 g/mol. The maximum Gasteiger partial charge on any atom is 0.175 e. The van der Waals surface area contributed by atoms with Gasteiger partial charge in [-0.05, 0) is 154 Å². The number of aryl methyl sites for hydroxylation is 1. The first-order chi connectivity index (χ1) is 37.8. The van der Waals surface area contributed by atoms with Crippen LogP contribution in [0.5, 0.6) is 11.5 Å². The zero-order chi connectivity index (χ0) is 58.1. The first kappa shape index (κ1) is 59.7. The Labute approximate surface area is 486 Å². The molecule has 4 N–H and O–H groups in total. The van der Waals surface area contributed by atoms with Crippen LogP contribution in [0.1, 0.15) is 129 Å². The lowest BCUT2D eigenvalue weighted by atomic mass is 9.84. The Balaban J connectivity index is 1.39. The molecule has 0 aliphatic rings. The van der Waals surface area contributed by atoms with Gasteiger partial charge in [0.1, 0.15) is 11.5 Å². The quantitative estimate of drug-likeness (QED) is 0.0792. The van der Waals surface area contributed by atoms with Crippen molar-refractivity contribution in [2.75, 3.05) is 35.5 Å². The molecular formula is C68H65F3N4O2S3. The van der Waals surface area contributed by atoms with Crippen LogP contribution in [0.3, 0.4) is 0 Å². The number of anilines is 4. The van der Waals surface area contributed by atoms with E-state index in [4.69, 9.17) is 46.1 Å². The Hall–Kier alpha value is -7.92. The summed E-state index contributed by atoms with van der Waals surface area (Å²) in [5, 5.41) is 13.3. The van der Waals surface area contributed by atoms with Crippen molar-refractivity contribution in [3.8, 4) is 47.0 Å². The highest BCUT2D eigenvalue weighted by molar-refractivity contribution is 7.81. The first-order valence-corrected chi connectivity index (χ1v) is 27.2. The van der Waals surface area contributed by atoms with Crippen LogP contribution in [0.25, 0.3) is 0 Å². The summed E-state index contributed by atoms with van der Waals surface area (Å²) in [6, 6.07) is 39.7. The second kappa shape index (κ2) is 25.5. The Morgan fingerprint density at radius 2 is 0.800 bits per heavy atom. The minimum Gasteiger partial charge on any atom is -0.497 e. The van der Waals surface area contributed by atoms with Crippen LogP contribution >= 0.6 is 36.7 Å². The molecule has 12 heteroatoms. The van der Waals surface area contributed by atoms with Crippen molar-refractivity contribution in [1.29, 1.82) is 0 Å². The lowest BCUT2D eigenvalue weighted by molar-refractivity contribution is 0.414. The number of hydrogen-bond acceptors (Lipinski definition) is 5. The highest BCUT2D eigenvalue weighted by atomic mass is 32.1. The molecule has 408 valence electrons. The normalized spacial score (nSPS) is 11.1. The maximum absolute atomic E-state index is 17.4. The zero-order valence-corrected chi connectivity index (χ0v) is 49.7. The highest BCUT2D eigenvalue weighted by Gasteiger charge is 2.25. The van der Waals surface area contributed by atoms with E-state index in [1.807, 2.05) is 164 Å². The molecule has 0 atom stereocenters. The van der Waals surface area contributed by atoms with Gasteiger partial charge in [0, 0.05) is 45.8 Å². The third-order valence-corrected chi connectivity index (χ3v) is 13.8. The molecule has 0 saturated carbocycles. The predicted octanol–water partition coefficient (Wildman–Crippen LogP) is 16.3. The molecule has 0 amide bonds. The summed E-state index contributed by atoms with van der Waals surface area (Å²) in [5.74, 6) is 15.0. The van der Waals surface area contributed by atoms with Gasteiger partial charge < -0.3 is 30.7 Å². The molecule has 80 heavy (non-hydrogen) atoms. The van der Waals surface area contributed by atoms with Crippen molar-refractivity contribution in [3.05, 3.63) is 212 Å². The van der Waals surface area contributed by atoms with Crippen molar-refractivity contribution < 1.29 is 22.6 Å². The zero-order valence-electron chi connectivity index (χ0n) is 47.2. The predicted molar refractivity (Wildman–Crippen MR) is 337 cm³/mol. The van der Waals surface area contributed by atoms with E-state index in [1.54, 1.807) is 26.4 Å². The molecule has 0 aliphatic carbocycles. The van der Waals surface area contributed by atoms with E-state index >= 15 is 13.2 Å². The summed E-state index contributed by atoms with van der Waals surface area (Å²) in [6.45, 7) is 20.5. The Bertz CT molecular complexity index is 3520. The fourth-order valence-corrected chi connectivity index (χ4v) is 9.05. The third-order valence-electron chi connectivity index (χ3n) is 13.1. The van der Waals surface area contributed by atoms with E-state index < -0.39 is 34.1 Å². The molecule has 0 spiro atoms. The highest BCUT2D eigenvalue weighted by Crippen LogP contribution is 2.32. The molecule has 0 saturated heterocycles. The van der Waals surface area contributed by atoms with Crippen molar-refractivity contribution in [2.45, 2.75) is 98.3 Å². The number of ether oxygens (including phenoxy) is 2. The fourth-order valence-electron chi connectivity index (χ4n) is 8.27. The van der Waals surface area contributed by atoms with Gasteiger partial charge >= 0.3 is 0 Å². The van der Waals surface area contributed by atoms with Crippen LogP contribution in [-0.2, 0) is 29.1 Å². The molecule has 0 unspecified atom stereocenters. The van der Waals surface area contributed by atoms with Gasteiger partial charge in [0.05, 0.1) is 42.3 Å². The summed E-state index contributed by atoms with van der Waals surface area (Å²) >= 11 is 17.4. The average Bonchev–Trinajstić information content (AvgIpc) is 3.41. The van der Waals surface area contributed by atoms with E-state index in [-0.39, 0.29) is 26.5 Å². The number of methoxy groups -OCH3 is 2. The number of rotatable bonds is 10. The molecule has 0 aliphatic heterocycles. The van der Waals surface area contributed by atoms with E-state index in [1.165, 1.54) is 0 Å². The van der Waals surface area contributed by atoms with Crippen molar-refractivity contribution >= 4 is 74.5 Å². The van der Waals surface area contributed by atoms with Crippen LogP contribution < -0.4 is 30.7 Å². The minimum atomic E-state index is -1.29. The molecule has 0 aromatic heterocycles. The standard InChI is InChI=1S/C68H65F3N4O2S3/c1-42-13-24-51(25-14-42)72-64(79)74-59-35-22-49(67(5,6)7)39-46(59)19-33-57-61(69)56(32-18-44-38-48(66(2,3)4)21-17-45(44)41-55(78)37-43-15-28-53(76-11)29-16-43)62(70)58(63(57)71)34-20-47-40-50(68(8,9)10)23-36-60(47)75-65(80)73-52-26-30-54(77-12)31-27-52/h13-17,21-31,35-36,38-40H,37,41H2,1-12H3,(H2,72,74,79)(H2,73,75,80). The Morgan fingerprint density at radius 1 is 0.438 bits per heavy atom. The van der Waals surface area contributed by atoms with E-state index in [0.29, 0.717) is 52.3 Å². The third kappa shape index (κ3) is 15.7. The minimum absolute atomic E-state index is 0.239. The van der Waals surface area contributed by atoms with Crippen LogP contribution in [0.2, 0.25) is 0 Å². The van der Waals surface area contributed by atoms with Gasteiger partial charge in [0.25, 0.3) is 0 Å². The van der Waals surface area contributed by atoms with Crippen molar-refractivity contribution in [2.24, 2.45) is 0 Å². The first-order valence-electron chi connectivity index (χ1n) is 26.0. The largest absolute Gasteiger partial charge is 0.497 e.